The number of hydrogen-bond acceptors (Lipinski definition) is 4. The molecule has 0 atom stereocenters. The molecule has 6 nitrogen and oxygen atoms in total. The molecule has 7 heteroatoms. The maximum absolute atomic E-state index is 11.0. The van der Waals surface area contributed by atoms with Crippen LogP contribution in [0.2, 0.25) is 0 Å². The molecule has 19 heavy (non-hydrogen) atoms. The minimum absolute atomic E-state index is 0.201. The summed E-state index contributed by atoms with van der Waals surface area (Å²) in [7, 11) is -4.26. The van der Waals surface area contributed by atoms with Crippen molar-refractivity contribution in [3.8, 4) is 11.3 Å². The zero-order valence-corrected chi connectivity index (χ0v) is 10.6. The van der Waals surface area contributed by atoms with Gasteiger partial charge in [0.25, 0.3) is 10.1 Å². The number of hydrogen-bond donors (Lipinski definition) is 2. The highest BCUT2D eigenvalue weighted by molar-refractivity contribution is 7.85. The zero-order chi connectivity index (χ0) is 14.2. The van der Waals surface area contributed by atoms with E-state index in [9.17, 15) is 13.2 Å². The molecule has 1 aromatic heterocycles. The van der Waals surface area contributed by atoms with Gasteiger partial charge in [-0.1, -0.05) is 0 Å². The fraction of sp³-hybridized carbons (Fsp3) is 0.0833. The van der Waals surface area contributed by atoms with Gasteiger partial charge < -0.3 is 9.52 Å². The van der Waals surface area contributed by atoms with Crippen LogP contribution >= 0.6 is 0 Å². The summed E-state index contributed by atoms with van der Waals surface area (Å²) in [6.07, 6.45) is 0. The average molecular weight is 282 g/mol. The normalized spacial score (nSPS) is 11.5. The number of aromatic carboxylic acids is 1. The molecule has 0 bridgehead atoms. The van der Waals surface area contributed by atoms with Gasteiger partial charge in [-0.15, -0.1) is 0 Å². The van der Waals surface area contributed by atoms with Crippen LogP contribution in [0.5, 0.6) is 0 Å². The summed E-state index contributed by atoms with van der Waals surface area (Å²) in [5, 5.41) is 8.76. The summed E-state index contributed by atoms with van der Waals surface area (Å²) in [5.41, 5.74) is 1.10. The molecular formula is C12H10O6S. The highest BCUT2D eigenvalue weighted by atomic mass is 32.2. The van der Waals surface area contributed by atoms with Gasteiger partial charge in [0.1, 0.15) is 5.76 Å². The molecule has 0 aliphatic heterocycles. The maximum Gasteiger partial charge on any atom is 0.371 e. The third kappa shape index (κ3) is 2.67. The van der Waals surface area contributed by atoms with Crippen molar-refractivity contribution in [3.63, 3.8) is 0 Å². The monoisotopic (exact) mass is 282 g/mol. The lowest BCUT2D eigenvalue weighted by Gasteiger charge is -2.04. The summed E-state index contributed by atoms with van der Waals surface area (Å²) >= 11 is 0. The summed E-state index contributed by atoms with van der Waals surface area (Å²) < 4.78 is 36.0. The number of furan rings is 1. The number of benzene rings is 1. The van der Waals surface area contributed by atoms with E-state index in [4.69, 9.17) is 14.1 Å². The number of carbonyl (C=O) groups is 1. The van der Waals surface area contributed by atoms with Crippen molar-refractivity contribution in [2.24, 2.45) is 0 Å². The third-order valence-electron chi connectivity index (χ3n) is 2.58. The molecule has 0 saturated heterocycles. The number of aryl methyl sites for hydroxylation is 1. The fourth-order valence-electron chi connectivity index (χ4n) is 1.67. The van der Waals surface area contributed by atoms with Crippen molar-refractivity contribution >= 4 is 16.1 Å². The Morgan fingerprint density at radius 1 is 1.21 bits per heavy atom. The van der Waals surface area contributed by atoms with Crippen LogP contribution in [0.4, 0.5) is 0 Å². The smallest absolute Gasteiger partial charge is 0.371 e. The fourth-order valence-corrected chi connectivity index (χ4v) is 2.24. The van der Waals surface area contributed by atoms with Crippen LogP contribution in [-0.2, 0) is 10.1 Å². The van der Waals surface area contributed by atoms with E-state index >= 15 is 0 Å². The molecule has 2 N–H and O–H groups in total. The second-order valence-corrected chi connectivity index (χ2v) is 5.34. The molecule has 1 heterocycles. The lowest BCUT2D eigenvalue weighted by Crippen LogP contribution is -1.98. The molecular weight excluding hydrogens is 272 g/mol. The average Bonchev–Trinajstić information content (AvgIpc) is 2.76. The van der Waals surface area contributed by atoms with Gasteiger partial charge in [0.15, 0.2) is 0 Å². The van der Waals surface area contributed by atoms with Gasteiger partial charge in [-0.25, -0.2) is 4.79 Å². The number of carboxylic acid groups (broad SMARTS) is 1. The van der Waals surface area contributed by atoms with E-state index in [2.05, 4.69) is 0 Å². The van der Waals surface area contributed by atoms with Crippen molar-refractivity contribution in [3.05, 3.63) is 41.7 Å². The quantitative estimate of drug-likeness (QED) is 0.836. The van der Waals surface area contributed by atoms with Gasteiger partial charge >= 0.3 is 5.97 Å². The molecule has 0 aliphatic carbocycles. The zero-order valence-electron chi connectivity index (χ0n) is 9.82. The first kappa shape index (κ1) is 13.3. The lowest BCUT2D eigenvalue weighted by atomic mass is 10.1. The first-order valence-electron chi connectivity index (χ1n) is 5.20. The lowest BCUT2D eigenvalue weighted by molar-refractivity contribution is 0.0663. The topological polar surface area (TPSA) is 105 Å². The molecule has 0 unspecified atom stereocenters. The summed E-state index contributed by atoms with van der Waals surface area (Å²) in [4.78, 5) is 10.5. The van der Waals surface area contributed by atoms with E-state index in [1.54, 1.807) is 6.92 Å². The van der Waals surface area contributed by atoms with Crippen molar-refractivity contribution in [1.82, 2.24) is 0 Å². The van der Waals surface area contributed by atoms with Crippen LogP contribution in [0, 0.1) is 6.92 Å². The van der Waals surface area contributed by atoms with E-state index in [1.807, 2.05) is 0 Å². The summed E-state index contributed by atoms with van der Waals surface area (Å²) in [6.45, 7) is 1.63. The van der Waals surface area contributed by atoms with Crippen molar-refractivity contribution < 1.29 is 27.3 Å². The third-order valence-corrected chi connectivity index (χ3v) is 3.43. The second-order valence-electron chi connectivity index (χ2n) is 3.92. The van der Waals surface area contributed by atoms with E-state index in [1.165, 1.54) is 30.3 Å². The first-order chi connectivity index (χ1) is 8.79. The van der Waals surface area contributed by atoms with Crippen LogP contribution in [0.3, 0.4) is 0 Å². The van der Waals surface area contributed by atoms with Gasteiger partial charge in [-0.05, 0) is 42.8 Å². The molecule has 2 aromatic rings. The Balaban J connectivity index is 2.49. The van der Waals surface area contributed by atoms with E-state index in [-0.39, 0.29) is 10.7 Å². The molecule has 0 saturated carbocycles. The van der Waals surface area contributed by atoms with Crippen molar-refractivity contribution in [2.45, 2.75) is 11.8 Å². The Morgan fingerprint density at radius 3 is 2.37 bits per heavy atom. The standard InChI is InChI=1S/C12H10O6S/c1-7-6-8(19(15,16)17)2-3-9(7)10-4-5-11(18-10)12(13)14/h2-6H,1H3,(H,13,14)(H,15,16,17). The van der Waals surface area contributed by atoms with Crippen molar-refractivity contribution in [2.75, 3.05) is 0 Å². The van der Waals surface area contributed by atoms with Gasteiger partial charge in [-0.2, -0.15) is 8.42 Å². The van der Waals surface area contributed by atoms with Gasteiger partial charge in [-0.3, -0.25) is 4.55 Å². The Labute approximate surface area is 109 Å². The Morgan fingerprint density at radius 2 is 1.89 bits per heavy atom. The Bertz CT molecular complexity index is 741. The molecule has 0 amide bonds. The predicted octanol–water partition coefficient (Wildman–Crippen LogP) is 2.20. The van der Waals surface area contributed by atoms with Gasteiger partial charge in [0.2, 0.25) is 5.76 Å². The molecule has 0 fully saturated rings. The molecule has 2 rings (SSSR count). The highest BCUT2D eigenvalue weighted by Crippen LogP contribution is 2.27. The minimum Gasteiger partial charge on any atom is -0.475 e. The summed E-state index contributed by atoms with van der Waals surface area (Å²) in [6, 6.07) is 6.75. The molecule has 1 aromatic carbocycles. The van der Waals surface area contributed by atoms with Crippen LogP contribution in [0.15, 0.2) is 39.6 Å². The second kappa shape index (κ2) is 4.52. The summed E-state index contributed by atoms with van der Waals surface area (Å²) in [5.74, 6) is -1.07. The van der Waals surface area contributed by atoms with Gasteiger partial charge in [0, 0.05) is 5.56 Å². The van der Waals surface area contributed by atoms with Crippen LogP contribution in [0.1, 0.15) is 16.1 Å². The van der Waals surface area contributed by atoms with Crippen LogP contribution in [-0.4, -0.2) is 24.0 Å². The highest BCUT2D eigenvalue weighted by Gasteiger charge is 2.15. The number of carboxylic acids is 1. The van der Waals surface area contributed by atoms with Crippen molar-refractivity contribution in [1.29, 1.82) is 0 Å². The number of rotatable bonds is 3. The van der Waals surface area contributed by atoms with Gasteiger partial charge in [0.05, 0.1) is 4.90 Å². The Hall–Kier alpha value is -2.12. The maximum atomic E-state index is 11.0. The Kier molecular flexibility index (Phi) is 3.17. The predicted molar refractivity (Wildman–Crippen MR) is 65.7 cm³/mol. The first-order valence-corrected chi connectivity index (χ1v) is 6.64. The molecule has 0 aliphatic rings. The minimum atomic E-state index is -4.26. The molecule has 0 radical (unpaired) electrons. The SMILES string of the molecule is Cc1cc(S(=O)(=O)O)ccc1-c1ccc(C(=O)O)o1. The van der Waals surface area contributed by atoms with E-state index in [0.29, 0.717) is 16.9 Å². The van der Waals surface area contributed by atoms with Crippen LogP contribution in [0.25, 0.3) is 11.3 Å². The van der Waals surface area contributed by atoms with E-state index < -0.39 is 16.1 Å². The van der Waals surface area contributed by atoms with Crippen LogP contribution < -0.4 is 0 Å². The largest absolute Gasteiger partial charge is 0.475 e. The van der Waals surface area contributed by atoms with E-state index in [0.717, 1.165) is 0 Å². The molecule has 0 spiro atoms. The molecule has 100 valence electrons.